The number of hydrogen-bond acceptors (Lipinski definition) is 3. The molecular weight excluding hydrogens is 330 g/mol. The third-order valence-corrected chi connectivity index (χ3v) is 6.21. The lowest BCUT2D eigenvalue weighted by atomic mass is 9.72. The molecule has 3 heteroatoms. The molecule has 2 saturated heterocycles. The molecule has 1 aromatic heterocycles. The van der Waals surface area contributed by atoms with Crippen molar-refractivity contribution in [3.05, 3.63) is 89.7 Å². The van der Waals surface area contributed by atoms with Crippen LogP contribution in [-0.2, 0) is 6.54 Å². The Bertz CT molecular complexity index is 908. The Labute approximate surface area is 161 Å². The number of aryl methyl sites for hydroxylation is 1. The van der Waals surface area contributed by atoms with Crippen molar-refractivity contribution in [3.8, 4) is 11.1 Å². The quantitative estimate of drug-likeness (QED) is 0.767. The van der Waals surface area contributed by atoms with Crippen LogP contribution < -0.4 is 5.32 Å². The van der Waals surface area contributed by atoms with Gasteiger partial charge in [-0.3, -0.25) is 9.88 Å². The van der Waals surface area contributed by atoms with Crippen LogP contribution in [0.15, 0.2) is 72.9 Å². The molecule has 0 aliphatic carbocycles. The zero-order valence-electron chi connectivity index (χ0n) is 15.7. The SMILES string of the molecule is Cc1ccccc1-c1ccc(C2[C@H]3CNC[C@@H]2N3Cc2ccccn2)cc1. The van der Waals surface area contributed by atoms with Gasteiger partial charge in [0.1, 0.15) is 0 Å². The first-order valence-electron chi connectivity index (χ1n) is 9.83. The van der Waals surface area contributed by atoms with E-state index in [2.05, 4.69) is 82.8 Å². The number of aromatic nitrogens is 1. The van der Waals surface area contributed by atoms with Crippen molar-refractivity contribution in [3.63, 3.8) is 0 Å². The van der Waals surface area contributed by atoms with Crippen molar-refractivity contribution in [1.29, 1.82) is 0 Å². The monoisotopic (exact) mass is 355 g/mol. The minimum Gasteiger partial charge on any atom is -0.314 e. The average molecular weight is 355 g/mol. The number of likely N-dealkylation sites (tertiary alicyclic amines) is 1. The lowest BCUT2D eigenvalue weighted by Gasteiger charge is -2.59. The maximum absolute atomic E-state index is 4.52. The van der Waals surface area contributed by atoms with E-state index >= 15 is 0 Å². The van der Waals surface area contributed by atoms with Gasteiger partial charge in [0.15, 0.2) is 0 Å². The van der Waals surface area contributed by atoms with Gasteiger partial charge in [-0.25, -0.2) is 0 Å². The first kappa shape index (κ1) is 16.7. The highest BCUT2D eigenvalue weighted by atomic mass is 15.3. The van der Waals surface area contributed by atoms with Crippen LogP contribution in [0.25, 0.3) is 11.1 Å². The molecule has 2 aliphatic heterocycles. The van der Waals surface area contributed by atoms with E-state index in [0.717, 1.165) is 19.6 Å². The van der Waals surface area contributed by atoms with Gasteiger partial charge in [0.2, 0.25) is 0 Å². The predicted molar refractivity (Wildman–Crippen MR) is 110 cm³/mol. The van der Waals surface area contributed by atoms with Gasteiger partial charge in [-0.15, -0.1) is 0 Å². The molecule has 136 valence electrons. The molecule has 5 rings (SSSR count). The molecule has 1 unspecified atom stereocenters. The van der Waals surface area contributed by atoms with Crippen molar-refractivity contribution < 1.29 is 0 Å². The number of nitrogens with zero attached hydrogens (tertiary/aromatic N) is 2. The largest absolute Gasteiger partial charge is 0.314 e. The van der Waals surface area contributed by atoms with E-state index in [4.69, 9.17) is 0 Å². The number of piperidine rings is 1. The Hall–Kier alpha value is -2.49. The van der Waals surface area contributed by atoms with Gasteiger partial charge < -0.3 is 5.32 Å². The van der Waals surface area contributed by atoms with Crippen molar-refractivity contribution in [2.45, 2.75) is 31.5 Å². The number of nitrogens with one attached hydrogen (secondary N) is 1. The van der Waals surface area contributed by atoms with Crippen molar-refractivity contribution in [1.82, 2.24) is 15.2 Å². The van der Waals surface area contributed by atoms with Crippen molar-refractivity contribution >= 4 is 0 Å². The Kier molecular flexibility index (Phi) is 4.27. The van der Waals surface area contributed by atoms with Crippen LogP contribution in [0.3, 0.4) is 0 Å². The first-order chi connectivity index (χ1) is 13.3. The normalized spacial score (nSPS) is 24.4. The predicted octanol–water partition coefficient (Wildman–Crippen LogP) is 4.00. The van der Waals surface area contributed by atoms with Gasteiger partial charge in [0.05, 0.1) is 5.69 Å². The fourth-order valence-corrected chi connectivity index (χ4v) is 4.82. The van der Waals surface area contributed by atoms with E-state index < -0.39 is 0 Å². The number of hydrogen-bond donors (Lipinski definition) is 1. The summed E-state index contributed by atoms with van der Waals surface area (Å²) in [6.07, 6.45) is 1.89. The highest BCUT2D eigenvalue weighted by molar-refractivity contribution is 5.67. The summed E-state index contributed by atoms with van der Waals surface area (Å²) in [6.45, 7) is 5.26. The maximum atomic E-state index is 4.52. The summed E-state index contributed by atoms with van der Waals surface area (Å²) in [4.78, 5) is 7.14. The lowest BCUT2D eigenvalue weighted by Crippen LogP contribution is -2.72. The Balaban J connectivity index is 1.36. The van der Waals surface area contributed by atoms with Crippen LogP contribution in [0.2, 0.25) is 0 Å². The smallest absolute Gasteiger partial charge is 0.0544 e. The molecule has 0 amide bonds. The Morgan fingerprint density at radius 2 is 1.67 bits per heavy atom. The van der Waals surface area contributed by atoms with E-state index in [0.29, 0.717) is 18.0 Å². The lowest BCUT2D eigenvalue weighted by molar-refractivity contribution is -0.0491. The van der Waals surface area contributed by atoms with E-state index in [1.807, 2.05) is 12.3 Å². The molecule has 0 radical (unpaired) electrons. The number of piperazine rings is 1. The third-order valence-electron chi connectivity index (χ3n) is 6.21. The van der Waals surface area contributed by atoms with E-state index in [9.17, 15) is 0 Å². The van der Waals surface area contributed by atoms with Gasteiger partial charge in [-0.05, 0) is 41.3 Å². The standard InChI is InChI=1S/C24H25N3/c1-17-6-2-3-8-21(17)18-9-11-19(12-10-18)24-22-14-25-15-23(24)27(22)16-20-7-4-5-13-26-20/h2-13,22-25H,14-16H2,1H3/t22-,23+,24?. The minimum absolute atomic E-state index is 0.565. The zero-order valence-corrected chi connectivity index (χ0v) is 15.7. The molecule has 27 heavy (non-hydrogen) atoms. The number of rotatable bonds is 4. The van der Waals surface area contributed by atoms with Gasteiger partial charge in [-0.1, -0.05) is 54.6 Å². The molecule has 2 fully saturated rings. The molecule has 3 aromatic rings. The topological polar surface area (TPSA) is 28.2 Å². The van der Waals surface area contributed by atoms with Crippen molar-refractivity contribution in [2.75, 3.05) is 13.1 Å². The third kappa shape index (κ3) is 2.97. The molecule has 3 nitrogen and oxygen atoms in total. The molecule has 2 aliphatic rings. The van der Waals surface area contributed by atoms with Gasteiger partial charge in [0, 0.05) is 43.8 Å². The zero-order chi connectivity index (χ0) is 18.2. The second-order valence-electron chi connectivity index (χ2n) is 7.75. The molecule has 2 aromatic carbocycles. The van der Waals surface area contributed by atoms with Gasteiger partial charge in [-0.2, -0.15) is 0 Å². The highest BCUT2D eigenvalue weighted by Crippen LogP contribution is 2.43. The van der Waals surface area contributed by atoms with E-state index in [1.54, 1.807) is 0 Å². The first-order valence-corrected chi connectivity index (χ1v) is 9.83. The minimum atomic E-state index is 0.565. The van der Waals surface area contributed by atoms with Crippen LogP contribution in [0.4, 0.5) is 0 Å². The molecule has 3 heterocycles. The summed E-state index contributed by atoms with van der Waals surface area (Å²) in [5, 5.41) is 3.58. The van der Waals surface area contributed by atoms with Crippen LogP contribution in [0, 0.1) is 6.92 Å². The fraction of sp³-hybridized carbons (Fsp3) is 0.292. The molecule has 2 bridgehead atoms. The maximum Gasteiger partial charge on any atom is 0.0544 e. The van der Waals surface area contributed by atoms with Crippen LogP contribution >= 0.6 is 0 Å². The molecule has 0 saturated carbocycles. The number of fused-ring (bicyclic) bond motifs is 2. The molecule has 3 atom stereocenters. The summed E-state index contributed by atoms with van der Waals surface area (Å²) in [5.41, 5.74) is 6.61. The summed E-state index contributed by atoms with van der Waals surface area (Å²) >= 11 is 0. The summed E-state index contributed by atoms with van der Waals surface area (Å²) in [5.74, 6) is 0.626. The van der Waals surface area contributed by atoms with Crippen LogP contribution in [-0.4, -0.2) is 35.1 Å². The summed E-state index contributed by atoms with van der Waals surface area (Å²) in [6, 6.07) is 25.2. The Morgan fingerprint density at radius 3 is 2.37 bits per heavy atom. The van der Waals surface area contributed by atoms with E-state index in [1.165, 1.54) is 27.9 Å². The molecule has 1 N–H and O–H groups in total. The van der Waals surface area contributed by atoms with Crippen molar-refractivity contribution in [2.24, 2.45) is 0 Å². The van der Waals surface area contributed by atoms with Gasteiger partial charge in [0.25, 0.3) is 0 Å². The van der Waals surface area contributed by atoms with Gasteiger partial charge >= 0.3 is 0 Å². The summed E-state index contributed by atoms with van der Waals surface area (Å²) < 4.78 is 0. The van der Waals surface area contributed by atoms with E-state index in [-0.39, 0.29) is 0 Å². The van der Waals surface area contributed by atoms with Crippen LogP contribution in [0.1, 0.15) is 22.7 Å². The number of pyridine rings is 1. The Morgan fingerprint density at radius 1 is 0.926 bits per heavy atom. The fourth-order valence-electron chi connectivity index (χ4n) is 4.82. The number of benzene rings is 2. The highest BCUT2D eigenvalue weighted by Gasteiger charge is 2.51. The summed E-state index contributed by atoms with van der Waals surface area (Å²) in [7, 11) is 0. The second kappa shape index (κ2) is 6.91. The second-order valence-corrected chi connectivity index (χ2v) is 7.75. The molecule has 0 spiro atoms. The molecular formula is C24H25N3. The van der Waals surface area contributed by atoms with Crippen LogP contribution in [0.5, 0.6) is 0 Å². The average Bonchev–Trinajstić information content (AvgIpc) is 2.73.